The Morgan fingerprint density at radius 1 is 0.848 bits per heavy atom. The standard InChI is InChI=1S/C35H38FNO5S2.CH3Cl/c1-33(2,44(4,41)42)29-20-25-9-6-18-37-32(25)31(21-29)24-8-5-7-23(19-24)22-34(36,35(38,27-10-11-27)28-12-13-28)26-14-16-30(17-15-26)43(3,39)40;1-2/h5-9,14-21,27-28,38H,10-13,22H2,1-4H3;1H3. The molecule has 2 aliphatic carbocycles. The number of aliphatic hydroxyl groups is 1. The van der Waals surface area contributed by atoms with E-state index >= 15 is 4.39 Å². The first-order valence-corrected chi connectivity index (χ1v) is 19.9. The van der Waals surface area contributed by atoms with E-state index in [4.69, 9.17) is 0 Å². The number of halogens is 2. The molecule has 6 rings (SSSR count). The zero-order valence-corrected chi connectivity index (χ0v) is 29.2. The zero-order chi connectivity index (χ0) is 33.7. The lowest BCUT2D eigenvalue weighted by atomic mass is 9.69. The second-order valence-corrected chi connectivity index (χ2v) is 17.8. The van der Waals surface area contributed by atoms with Crippen LogP contribution in [-0.2, 0) is 36.5 Å². The third-order valence-electron chi connectivity index (χ3n) is 9.79. The van der Waals surface area contributed by atoms with Crippen molar-refractivity contribution in [2.75, 3.05) is 18.9 Å². The third kappa shape index (κ3) is 6.23. The highest BCUT2D eigenvalue weighted by molar-refractivity contribution is 7.91. The van der Waals surface area contributed by atoms with Gasteiger partial charge in [-0.05, 0) is 104 Å². The molecule has 6 nitrogen and oxygen atoms in total. The van der Waals surface area contributed by atoms with E-state index in [2.05, 4.69) is 16.6 Å². The highest BCUT2D eigenvalue weighted by Gasteiger charge is 2.65. The normalized spacial score (nSPS) is 17.2. The summed E-state index contributed by atoms with van der Waals surface area (Å²) in [6.45, 7) is 3.37. The number of benzene rings is 3. The van der Waals surface area contributed by atoms with Crippen LogP contribution in [0.25, 0.3) is 22.0 Å². The summed E-state index contributed by atoms with van der Waals surface area (Å²) in [7, 11) is -6.93. The highest BCUT2D eigenvalue weighted by Crippen LogP contribution is 2.61. The fourth-order valence-electron chi connectivity index (χ4n) is 6.57. The number of hydrogen-bond donors (Lipinski definition) is 1. The molecule has 1 atom stereocenters. The van der Waals surface area contributed by atoms with Crippen LogP contribution in [0, 0.1) is 11.8 Å². The van der Waals surface area contributed by atoms with Crippen molar-refractivity contribution in [3.63, 3.8) is 0 Å². The first-order valence-electron chi connectivity index (χ1n) is 15.3. The number of hydrogen-bond acceptors (Lipinski definition) is 6. The SMILES string of the molecule is CC(C)(c1cc(-c2cccc(CC(F)(c3ccc(S(C)(=O)=O)cc3)C(O)(C3CC3)C3CC3)c2)c2ncccc2c1)S(C)(=O)=O.CCl. The van der Waals surface area contributed by atoms with Gasteiger partial charge >= 0.3 is 0 Å². The van der Waals surface area contributed by atoms with E-state index in [0.717, 1.165) is 48.5 Å². The molecule has 1 N–H and O–H groups in total. The third-order valence-corrected chi connectivity index (χ3v) is 13.0. The second-order valence-electron chi connectivity index (χ2n) is 13.2. The second kappa shape index (κ2) is 12.3. The minimum absolute atomic E-state index is 0.100. The Balaban J connectivity index is 0.00000204. The molecule has 0 spiro atoms. The maximum absolute atomic E-state index is 17.9. The van der Waals surface area contributed by atoms with Crippen LogP contribution in [0.1, 0.15) is 56.2 Å². The van der Waals surface area contributed by atoms with Crippen molar-refractivity contribution in [3.8, 4) is 11.1 Å². The zero-order valence-electron chi connectivity index (χ0n) is 26.8. The average molecular weight is 686 g/mol. The van der Waals surface area contributed by atoms with Crippen molar-refractivity contribution >= 4 is 42.2 Å². The van der Waals surface area contributed by atoms with Gasteiger partial charge in [0.15, 0.2) is 25.3 Å². The molecule has 0 bridgehead atoms. The lowest BCUT2D eigenvalue weighted by Crippen LogP contribution is -2.54. The molecule has 2 fully saturated rings. The van der Waals surface area contributed by atoms with Gasteiger partial charge in [-0.3, -0.25) is 4.98 Å². The van der Waals surface area contributed by atoms with E-state index in [-0.39, 0.29) is 28.7 Å². The summed E-state index contributed by atoms with van der Waals surface area (Å²) in [5.41, 5.74) is 0.00561. The lowest BCUT2D eigenvalue weighted by molar-refractivity contribution is -0.140. The quantitative estimate of drug-likeness (QED) is 0.175. The van der Waals surface area contributed by atoms with Crippen molar-refractivity contribution in [1.29, 1.82) is 0 Å². The Labute approximate surface area is 276 Å². The molecule has 0 radical (unpaired) electrons. The molecule has 1 aromatic heterocycles. The van der Waals surface area contributed by atoms with E-state index in [1.165, 1.54) is 36.9 Å². The molecular formula is C36H41ClFNO5S2. The number of pyridine rings is 1. The molecule has 4 aromatic rings. The predicted octanol–water partition coefficient (Wildman–Crippen LogP) is 7.40. The summed E-state index contributed by atoms with van der Waals surface area (Å²) in [5, 5.41) is 13.0. The van der Waals surface area contributed by atoms with Crippen LogP contribution < -0.4 is 0 Å². The van der Waals surface area contributed by atoms with Crippen molar-refractivity contribution < 1.29 is 26.3 Å². The summed E-state index contributed by atoms with van der Waals surface area (Å²) in [6, 6.07) is 20.7. The van der Waals surface area contributed by atoms with Gasteiger partial charge in [0.25, 0.3) is 0 Å². The molecule has 10 heteroatoms. The average Bonchev–Trinajstić information content (AvgIpc) is 3.94. The molecule has 0 amide bonds. The van der Waals surface area contributed by atoms with E-state index in [1.807, 2.05) is 48.5 Å². The summed E-state index contributed by atoms with van der Waals surface area (Å²) < 4.78 is 66.6. The Kier molecular flexibility index (Phi) is 9.23. The predicted molar refractivity (Wildman–Crippen MR) is 183 cm³/mol. The molecule has 1 heterocycles. The van der Waals surface area contributed by atoms with Crippen LogP contribution in [-0.4, -0.2) is 51.4 Å². The molecule has 3 aromatic carbocycles. The van der Waals surface area contributed by atoms with Crippen LogP contribution in [0.4, 0.5) is 4.39 Å². The van der Waals surface area contributed by atoms with Crippen LogP contribution in [0.3, 0.4) is 0 Å². The number of sulfone groups is 2. The van der Waals surface area contributed by atoms with Crippen molar-refractivity contribution in [2.24, 2.45) is 11.8 Å². The molecule has 246 valence electrons. The fourth-order valence-corrected chi connectivity index (χ4v) is 7.75. The first kappa shape index (κ1) is 34.5. The smallest absolute Gasteiger partial charge is 0.175 e. The maximum atomic E-state index is 17.9. The first-order chi connectivity index (χ1) is 21.6. The van der Waals surface area contributed by atoms with E-state index in [0.29, 0.717) is 16.6 Å². The van der Waals surface area contributed by atoms with Crippen molar-refractivity contribution in [3.05, 3.63) is 95.7 Å². The minimum atomic E-state index is -3.47. The molecular weight excluding hydrogens is 645 g/mol. The molecule has 1 unspecified atom stereocenters. The Bertz CT molecular complexity index is 1960. The molecule has 0 aliphatic heterocycles. The highest BCUT2D eigenvalue weighted by atomic mass is 35.5. The van der Waals surface area contributed by atoms with E-state index in [1.54, 1.807) is 20.0 Å². The Morgan fingerprint density at radius 2 is 1.46 bits per heavy atom. The molecule has 0 saturated heterocycles. The van der Waals surface area contributed by atoms with Gasteiger partial charge in [0, 0.05) is 42.5 Å². The molecule has 46 heavy (non-hydrogen) atoms. The summed E-state index contributed by atoms with van der Waals surface area (Å²) in [4.78, 5) is 4.71. The monoisotopic (exact) mass is 685 g/mol. The van der Waals surface area contributed by atoms with Crippen LogP contribution >= 0.6 is 11.6 Å². The summed E-state index contributed by atoms with van der Waals surface area (Å²) in [5.74, 6) is -0.332. The van der Waals surface area contributed by atoms with Gasteiger partial charge in [-0.1, -0.05) is 42.5 Å². The summed E-state index contributed by atoms with van der Waals surface area (Å²) in [6.07, 6.45) is 8.40. The number of rotatable bonds is 10. The van der Waals surface area contributed by atoms with E-state index in [9.17, 15) is 21.9 Å². The van der Waals surface area contributed by atoms with Gasteiger partial charge in [-0.25, -0.2) is 21.2 Å². The van der Waals surface area contributed by atoms with Crippen LogP contribution in [0.2, 0.25) is 0 Å². The molecule has 2 aliphatic rings. The van der Waals surface area contributed by atoms with Gasteiger partial charge in [-0.2, -0.15) is 0 Å². The maximum Gasteiger partial charge on any atom is 0.175 e. The summed E-state index contributed by atoms with van der Waals surface area (Å²) >= 11 is 4.64. The van der Waals surface area contributed by atoms with Gasteiger partial charge in [0.1, 0.15) is 5.60 Å². The Morgan fingerprint density at radius 3 is 2.00 bits per heavy atom. The number of alkyl halides is 2. The number of aromatic nitrogens is 1. The van der Waals surface area contributed by atoms with Crippen LogP contribution in [0.15, 0.2) is 83.9 Å². The van der Waals surface area contributed by atoms with Gasteiger partial charge < -0.3 is 5.11 Å². The largest absolute Gasteiger partial charge is 0.386 e. The topological polar surface area (TPSA) is 101 Å². The minimum Gasteiger partial charge on any atom is -0.386 e. The molecule has 2 saturated carbocycles. The fraction of sp³-hybridized carbons (Fsp3) is 0.417. The van der Waals surface area contributed by atoms with E-state index < -0.39 is 35.7 Å². The lowest BCUT2D eigenvalue weighted by Gasteiger charge is -2.43. The van der Waals surface area contributed by atoms with Crippen molar-refractivity contribution in [2.45, 2.75) is 66.9 Å². The Hall–Kier alpha value is -2.85. The number of fused-ring (bicyclic) bond motifs is 1. The van der Waals surface area contributed by atoms with Gasteiger partial charge in [0.05, 0.1) is 15.2 Å². The number of nitrogens with zero attached hydrogens (tertiary/aromatic N) is 1. The van der Waals surface area contributed by atoms with Gasteiger partial charge in [0.2, 0.25) is 0 Å². The van der Waals surface area contributed by atoms with Crippen molar-refractivity contribution in [1.82, 2.24) is 4.98 Å². The van der Waals surface area contributed by atoms with Gasteiger partial charge in [-0.15, -0.1) is 11.6 Å². The van der Waals surface area contributed by atoms with Crippen LogP contribution in [0.5, 0.6) is 0 Å².